The van der Waals surface area contributed by atoms with Gasteiger partial charge in [-0.15, -0.1) is 11.8 Å². The molecule has 0 bridgehead atoms. The lowest BCUT2D eigenvalue weighted by Crippen LogP contribution is -2.78. The zero-order chi connectivity index (χ0) is 18.4. The summed E-state index contributed by atoms with van der Waals surface area (Å²) in [4.78, 5) is 36.7. The summed E-state index contributed by atoms with van der Waals surface area (Å²) in [5.74, 6) is -3.00. The van der Waals surface area contributed by atoms with Crippen molar-refractivity contribution in [3.63, 3.8) is 0 Å². The number of carbonyl (C=O) groups excluding carboxylic acids is 2. The summed E-state index contributed by atoms with van der Waals surface area (Å²) < 4.78 is 0. The molecule has 1 aromatic carbocycles. The van der Waals surface area contributed by atoms with E-state index in [1.54, 1.807) is 30.3 Å². The molecule has 4 atom stereocenters. The summed E-state index contributed by atoms with van der Waals surface area (Å²) in [6.45, 7) is 0. The number of fused-ring (bicyclic) bond motifs is 1. The Bertz CT molecular complexity index is 774. The van der Waals surface area contributed by atoms with Crippen molar-refractivity contribution in [3.05, 3.63) is 46.3 Å². The molecule has 0 aliphatic carbocycles. The highest BCUT2D eigenvalue weighted by Gasteiger charge is 2.63. The fraction of sp³-hybridized carbons (Fsp3) is 0.267. The van der Waals surface area contributed by atoms with E-state index in [1.165, 1.54) is 5.41 Å². The minimum atomic E-state index is -2.63. The SMILES string of the molecule is N[C@@H](C(=O)N[C@@H]1C(=O)N2[C@@H]1SC=C(Cl)C2(O)C(=O)O)c1ccccc1. The molecule has 2 aliphatic rings. The molecular weight excluding hydrogens is 370 g/mol. The highest BCUT2D eigenvalue weighted by atomic mass is 35.5. The smallest absolute Gasteiger partial charge is 0.363 e. The van der Waals surface area contributed by atoms with Crippen molar-refractivity contribution in [2.24, 2.45) is 5.73 Å². The number of carboxylic acid groups (broad SMARTS) is 1. The summed E-state index contributed by atoms with van der Waals surface area (Å²) in [7, 11) is 0. The van der Waals surface area contributed by atoms with Crippen LogP contribution in [0.5, 0.6) is 0 Å². The fourth-order valence-electron chi connectivity index (χ4n) is 2.67. The van der Waals surface area contributed by atoms with Crippen molar-refractivity contribution in [2.75, 3.05) is 0 Å². The molecule has 0 aromatic heterocycles. The average molecular weight is 384 g/mol. The fourth-order valence-corrected chi connectivity index (χ4v) is 4.14. The Balaban J connectivity index is 1.76. The minimum Gasteiger partial charge on any atom is -0.477 e. The summed E-state index contributed by atoms with van der Waals surface area (Å²) >= 11 is 6.80. The number of thioether (sulfide) groups is 1. The number of hydrogen-bond donors (Lipinski definition) is 4. The van der Waals surface area contributed by atoms with Crippen LogP contribution in [0, 0.1) is 0 Å². The van der Waals surface area contributed by atoms with Gasteiger partial charge in [-0.3, -0.25) is 14.5 Å². The van der Waals surface area contributed by atoms with Crippen LogP contribution in [-0.2, 0) is 14.4 Å². The first-order valence-corrected chi connectivity index (χ1v) is 8.52. The van der Waals surface area contributed by atoms with Gasteiger partial charge in [-0.1, -0.05) is 41.9 Å². The Morgan fingerprint density at radius 1 is 1.36 bits per heavy atom. The Morgan fingerprint density at radius 3 is 2.60 bits per heavy atom. The summed E-state index contributed by atoms with van der Waals surface area (Å²) in [5, 5.41) is 22.1. The van der Waals surface area contributed by atoms with Crippen LogP contribution in [0.4, 0.5) is 0 Å². The third-order valence-corrected chi connectivity index (χ3v) is 5.71. The van der Waals surface area contributed by atoms with Crippen molar-refractivity contribution in [3.8, 4) is 0 Å². The van der Waals surface area contributed by atoms with Crippen molar-refractivity contribution in [1.82, 2.24) is 10.2 Å². The zero-order valence-corrected chi connectivity index (χ0v) is 14.2. The molecule has 0 spiro atoms. The van der Waals surface area contributed by atoms with Crippen LogP contribution in [0.3, 0.4) is 0 Å². The van der Waals surface area contributed by atoms with E-state index in [1.807, 2.05) is 0 Å². The highest BCUT2D eigenvalue weighted by molar-refractivity contribution is 8.03. The van der Waals surface area contributed by atoms with Crippen LogP contribution >= 0.6 is 23.4 Å². The first-order chi connectivity index (χ1) is 11.8. The monoisotopic (exact) mass is 383 g/mol. The quantitative estimate of drug-likeness (QED) is 0.535. The number of carbonyl (C=O) groups is 3. The number of nitrogens with one attached hydrogen (secondary N) is 1. The molecule has 3 rings (SSSR count). The maximum absolute atomic E-state index is 12.3. The molecule has 0 radical (unpaired) electrons. The van der Waals surface area contributed by atoms with Crippen LogP contribution in [0.1, 0.15) is 11.6 Å². The topological polar surface area (TPSA) is 133 Å². The first-order valence-electron chi connectivity index (χ1n) is 7.20. The van der Waals surface area contributed by atoms with Gasteiger partial charge in [0.2, 0.25) is 5.91 Å². The molecule has 2 amide bonds. The van der Waals surface area contributed by atoms with Gasteiger partial charge in [-0.25, -0.2) is 4.79 Å². The van der Waals surface area contributed by atoms with Crippen molar-refractivity contribution >= 4 is 41.1 Å². The molecule has 5 N–H and O–H groups in total. The number of hydrogen-bond acceptors (Lipinski definition) is 6. The maximum atomic E-state index is 12.3. The first kappa shape index (κ1) is 17.7. The van der Waals surface area contributed by atoms with E-state index in [9.17, 15) is 24.6 Å². The van der Waals surface area contributed by atoms with Crippen LogP contribution in [0.2, 0.25) is 0 Å². The lowest BCUT2D eigenvalue weighted by Gasteiger charge is -2.53. The number of benzene rings is 1. The van der Waals surface area contributed by atoms with Gasteiger partial charge >= 0.3 is 5.97 Å². The van der Waals surface area contributed by atoms with Crippen LogP contribution in [-0.4, -0.2) is 50.0 Å². The molecule has 25 heavy (non-hydrogen) atoms. The Morgan fingerprint density at radius 2 is 2.00 bits per heavy atom. The van der Waals surface area contributed by atoms with E-state index in [0.717, 1.165) is 16.7 Å². The van der Waals surface area contributed by atoms with E-state index in [-0.39, 0.29) is 5.03 Å². The predicted molar refractivity (Wildman–Crippen MR) is 90.0 cm³/mol. The van der Waals surface area contributed by atoms with Gasteiger partial charge in [0.15, 0.2) is 0 Å². The van der Waals surface area contributed by atoms with Gasteiger partial charge in [-0.05, 0) is 11.0 Å². The van der Waals surface area contributed by atoms with Crippen molar-refractivity contribution < 1.29 is 24.6 Å². The largest absolute Gasteiger partial charge is 0.477 e. The van der Waals surface area contributed by atoms with E-state index in [2.05, 4.69) is 5.32 Å². The lowest BCUT2D eigenvalue weighted by molar-refractivity contribution is -0.194. The number of aliphatic carboxylic acids is 1. The minimum absolute atomic E-state index is 0.389. The molecule has 2 aliphatic heterocycles. The third-order valence-electron chi connectivity index (χ3n) is 4.07. The summed E-state index contributed by atoms with van der Waals surface area (Å²) in [6.07, 6.45) is 0. The highest BCUT2D eigenvalue weighted by Crippen LogP contribution is 2.45. The number of amides is 2. The van der Waals surface area contributed by atoms with E-state index in [4.69, 9.17) is 17.3 Å². The van der Waals surface area contributed by atoms with Gasteiger partial charge in [-0.2, -0.15) is 0 Å². The van der Waals surface area contributed by atoms with Gasteiger partial charge in [0.25, 0.3) is 11.6 Å². The second kappa shape index (κ2) is 6.34. The molecule has 2 heterocycles. The Kier molecular flexibility index (Phi) is 4.50. The standard InChI is InChI=1S/C15H14ClN3O5S/c16-8-6-25-13-10(12(21)19(13)15(8,24)14(22)23)18-11(20)9(17)7-4-2-1-3-5-7/h1-6,9-10,13,24H,17H2,(H,18,20)(H,22,23)/t9-,10-,13-,15?/m1/s1. The number of carboxylic acids is 1. The molecule has 10 heteroatoms. The second-order valence-corrected chi connectivity index (χ2v) is 6.95. The van der Waals surface area contributed by atoms with E-state index >= 15 is 0 Å². The number of nitrogens with two attached hydrogens (primary N) is 1. The molecule has 132 valence electrons. The number of aliphatic hydroxyl groups is 1. The van der Waals surface area contributed by atoms with Gasteiger partial charge < -0.3 is 21.3 Å². The average Bonchev–Trinajstić information content (AvgIpc) is 2.61. The molecule has 1 aromatic rings. The normalized spacial score (nSPS) is 29.2. The number of halogens is 1. The maximum Gasteiger partial charge on any atom is 0.363 e. The van der Waals surface area contributed by atoms with E-state index < -0.39 is 41.0 Å². The summed E-state index contributed by atoms with van der Waals surface area (Å²) in [5.41, 5.74) is 3.83. The number of nitrogens with zero attached hydrogens (tertiary/aromatic N) is 1. The van der Waals surface area contributed by atoms with Crippen LogP contribution in [0.25, 0.3) is 0 Å². The number of rotatable bonds is 4. The Labute approximate surface area is 151 Å². The van der Waals surface area contributed by atoms with Crippen LogP contribution in [0.15, 0.2) is 40.8 Å². The van der Waals surface area contributed by atoms with Gasteiger partial charge in [0.1, 0.15) is 17.5 Å². The molecule has 1 fully saturated rings. The van der Waals surface area contributed by atoms with Gasteiger partial charge in [0, 0.05) is 0 Å². The lowest BCUT2D eigenvalue weighted by atomic mass is 9.99. The molecular formula is C15H14ClN3O5S. The Hall–Kier alpha value is -2.07. The predicted octanol–water partition coefficient (Wildman–Crippen LogP) is -0.0603. The molecule has 1 unspecified atom stereocenters. The van der Waals surface area contributed by atoms with Crippen molar-refractivity contribution in [1.29, 1.82) is 0 Å². The zero-order valence-electron chi connectivity index (χ0n) is 12.6. The van der Waals surface area contributed by atoms with E-state index in [0.29, 0.717) is 5.56 Å². The number of β-lactam (4-membered cyclic amide) rings is 1. The van der Waals surface area contributed by atoms with Gasteiger partial charge in [0.05, 0.1) is 5.03 Å². The molecule has 8 nitrogen and oxygen atoms in total. The molecule has 0 saturated carbocycles. The van der Waals surface area contributed by atoms with Crippen molar-refractivity contribution in [2.45, 2.75) is 23.2 Å². The molecule has 1 saturated heterocycles. The third kappa shape index (κ3) is 2.69. The summed E-state index contributed by atoms with van der Waals surface area (Å²) in [6, 6.07) is 6.63. The van der Waals surface area contributed by atoms with Crippen LogP contribution < -0.4 is 11.1 Å². The second-order valence-electron chi connectivity index (χ2n) is 5.55.